The molecule has 37 heavy (non-hydrogen) atoms. The van der Waals surface area contributed by atoms with Crippen LogP contribution in [0.5, 0.6) is 17.2 Å². The van der Waals surface area contributed by atoms with Crippen LogP contribution in [0.4, 0.5) is 0 Å². The van der Waals surface area contributed by atoms with Crippen molar-refractivity contribution in [1.82, 2.24) is 5.43 Å². The highest BCUT2D eigenvalue weighted by Crippen LogP contribution is 2.37. The van der Waals surface area contributed by atoms with E-state index < -0.39 is 5.91 Å². The maximum Gasteiger partial charge on any atom is 0.307 e. The molecule has 1 heterocycles. The largest absolute Gasteiger partial charge is 0.494 e. The number of hydrogen-bond donors (Lipinski definition) is 1. The summed E-state index contributed by atoms with van der Waals surface area (Å²) in [5.41, 5.74) is 4.53. The minimum absolute atomic E-state index is 0.140. The third-order valence-electron chi connectivity index (χ3n) is 5.12. The van der Waals surface area contributed by atoms with E-state index in [1.165, 1.54) is 6.21 Å². The van der Waals surface area contributed by atoms with Crippen LogP contribution in [0.2, 0.25) is 10.0 Å². The lowest BCUT2D eigenvalue weighted by Gasteiger charge is -2.15. The average Bonchev–Trinajstić information content (AvgIpc) is 3.29. The molecule has 0 spiro atoms. The summed E-state index contributed by atoms with van der Waals surface area (Å²) in [7, 11) is 0. The number of benzene rings is 3. The monoisotopic (exact) mass is 604 g/mol. The van der Waals surface area contributed by atoms with Gasteiger partial charge in [-0.3, -0.25) is 4.79 Å². The Labute approximate surface area is 232 Å². The van der Waals surface area contributed by atoms with Gasteiger partial charge in [0, 0.05) is 21.0 Å². The Morgan fingerprint density at radius 2 is 1.84 bits per heavy atom. The van der Waals surface area contributed by atoms with Crippen LogP contribution in [0.1, 0.15) is 35.5 Å². The zero-order valence-corrected chi connectivity index (χ0v) is 23.1. The molecule has 1 N–H and O–H groups in total. The molecule has 7 nitrogen and oxygen atoms in total. The maximum absolute atomic E-state index is 12.6. The Morgan fingerprint density at radius 3 is 2.59 bits per heavy atom. The van der Waals surface area contributed by atoms with E-state index >= 15 is 0 Å². The van der Waals surface area contributed by atoms with Crippen LogP contribution < -0.4 is 19.6 Å². The first kappa shape index (κ1) is 26.9. The van der Waals surface area contributed by atoms with E-state index in [4.69, 9.17) is 41.8 Å². The van der Waals surface area contributed by atoms with Gasteiger partial charge in [0.15, 0.2) is 17.3 Å². The highest BCUT2D eigenvalue weighted by Gasteiger charge is 2.15. The number of fused-ring (bicyclic) bond motifs is 1. The van der Waals surface area contributed by atoms with Crippen LogP contribution >= 0.6 is 39.1 Å². The van der Waals surface area contributed by atoms with Crippen molar-refractivity contribution in [1.29, 1.82) is 0 Å². The lowest BCUT2D eigenvalue weighted by atomic mass is 10.2. The molecule has 0 bridgehead atoms. The van der Waals surface area contributed by atoms with E-state index in [1.54, 1.807) is 42.5 Å². The van der Waals surface area contributed by atoms with Crippen molar-refractivity contribution in [2.75, 3.05) is 13.2 Å². The standard InChI is InChI=1S/C27H23BrCl2N2O5/c1-3-34-20-7-8-23-18(11-20)12-25(37-23)27(33)32-31-14-16-9-21(28)26(24(10-16)35-4-2)36-15-17-5-6-19(29)13-22(17)30/h5-14H,3-4,15H2,1-2H3,(H,32,33)/b31-14+. The van der Waals surface area contributed by atoms with Crippen molar-refractivity contribution in [3.63, 3.8) is 0 Å². The van der Waals surface area contributed by atoms with Gasteiger partial charge in [0.25, 0.3) is 0 Å². The van der Waals surface area contributed by atoms with Gasteiger partial charge in [-0.2, -0.15) is 5.10 Å². The van der Waals surface area contributed by atoms with Gasteiger partial charge >= 0.3 is 5.91 Å². The molecule has 0 radical (unpaired) electrons. The fourth-order valence-electron chi connectivity index (χ4n) is 3.46. The number of nitrogens with one attached hydrogen (secondary N) is 1. The number of amides is 1. The van der Waals surface area contributed by atoms with Gasteiger partial charge in [-0.05, 0) is 83.9 Å². The third-order valence-corrected chi connectivity index (χ3v) is 6.30. The fraction of sp³-hybridized carbons (Fsp3) is 0.185. The van der Waals surface area contributed by atoms with Crippen LogP contribution in [0.15, 0.2) is 68.6 Å². The summed E-state index contributed by atoms with van der Waals surface area (Å²) in [6.07, 6.45) is 1.50. The van der Waals surface area contributed by atoms with E-state index in [9.17, 15) is 4.79 Å². The molecule has 0 unspecified atom stereocenters. The zero-order valence-electron chi connectivity index (χ0n) is 20.0. The number of ether oxygens (including phenoxy) is 3. The molecule has 3 aromatic carbocycles. The smallest absolute Gasteiger partial charge is 0.307 e. The molecule has 0 aliphatic heterocycles. The number of hydrazone groups is 1. The van der Waals surface area contributed by atoms with Crippen LogP contribution in [0.25, 0.3) is 11.0 Å². The third kappa shape index (κ3) is 6.77. The Morgan fingerprint density at radius 1 is 1.03 bits per heavy atom. The van der Waals surface area contributed by atoms with Crippen molar-refractivity contribution in [3.8, 4) is 17.2 Å². The molecule has 4 rings (SSSR count). The summed E-state index contributed by atoms with van der Waals surface area (Å²) in [4.78, 5) is 12.6. The molecule has 0 atom stereocenters. The summed E-state index contributed by atoms with van der Waals surface area (Å²) in [6.45, 7) is 4.99. The Bertz CT molecular complexity index is 1450. The molecular weight excluding hydrogens is 583 g/mol. The SMILES string of the molecule is CCOc1ccc2oc(C(=O)N/N=C/c3cc(Br)c(OCc4ccc(Cl)cc4Cl)c(OCC)c3)cc2c1. The van der Waals surface area contributed by atoms with Gasteiger partial charge < -0.3 is 18.6 Å². The van der Waals surface area contributed by atoms with Crippen molar-refractivity contribution in [3.05, 3.63) is 86.0 Å². The predicted octanol–water partition coefficient (Wildman–Crippen LogP) is 7.64. The van der Waals surface area contributed by atoms with Gasteiger partial charge in [0.1, 0.15) is 17.9 Å². The highest BCUT2D eigenvalue weighted by atomic mass is 79.9. The van der Waals surface area contributed by atoms with Crippen LogP contribution in [0.3, 0.4) is 0 Å². The molecule has 0 saturated carbocycles. The van der Waals surface area contributed by atoms with E-state index in [2.05, 4.69) is 26.5 Å². The fourth-order valence-corrected chi connectivity index (χ4v) is 4.50. The van der Waals surface area contributed by atoms with Gasteiger partial charge in [-0.25, -0.2) is 5.43 Å². The van der Waals surface area contributed by atoms with Gasteiger partial charge in [0.2, 0.25) is 0 Å². The number of carbonyl (C=O) groups is 1. The number of furan rings is 1. The Kier molecular flexibility index (Phi) is 8.97. The van der Waals surface area contributed by atoms with E-state index in [0.29, 0.717) is 56.1 Å². The molecule has 1 aromatic heterocycles. The number of halogens is 3. The molecular formula is C27H23BrCl2N2O5. The second-order valence-electron chi connectivity index (χ2n) is 7.73. The van der Waals surface area contributed by atoms with Crippen LogP contribution in [-0.2, 0) is 6.61 Å². The summed E-state index contributed by atoms with van der Waals surface area (Å²) in [6, 6.07) is 15.8. The molecule has 1 amide bonds. The minimum atomic E-state index is -0.477. The molecule has 4 aromatic rings. The summed E-state index contributed by atoms with van der Waals surface area (Å²) >= 11 is 15.8. The number of hydrogen-bond acceptors (Lipinski definition) is 6. The quantitative estimate of drug-likeness (QED) is 0.148. The van der Waals surface area contributed by atoms with Gasteiger partial charge in [0.05, 0.1) is 23.9 Å². The average molecular weight is 606 g/mol. The second kappa shape index (κ2) is 12.4. The number of rotatable bonds is 10. The topological polar surface area (TPSA) is 82.3 Å². The van der Waals surface area contributed by atoms with Crippen molar-refractivity contribution < 1.29 is 23.4 Å². The molecule has 0 saturated heterocycles. The first-order valence-electron chi connectivity index (χ1n) is 11.4. The predicted molar refractivity (Wildman–Crippen MR) is 149 cm³/mol. The van der Waals surface area contributed by atoms with Crippen molar-refractivity contribution in [2.45, 2.75) is 20.5 Å². The van der Waals surface area contributed by atoms with Crippen LogP contribution in [0, 0.1) is 0 Å². The molecule has 0 aliphatic rings. The number of carbonyl (C=O) groups excluding carboxylic acids is 1. The van der Waals surface area contributed by atoms with Gasteiger partial charge in [-0.15, -0.1) is 0 Å². The molecule has 0 fully saturated rings. The van der Waals surface area contributed by atoms with Crippen molar-refractivity contribution in [2.24, 2.45) is 5.10 Å². The van der Waals surface area contributed by atoms with E-state index in [1.807, 2.05) is 26.0 Å². The number of nitrogens with zero attached hydrogens (tertiary/aromatic N) is 1. The van der Waals surface area contributed by atoms with Crippen LogP contribution in [-0.4, -0.2) is 25.3 Å². The van der Waals surface area contributed by atoms with E-state index in [0.717, 1.165) is 10.9 Å². The second-order valence-corrected chi connectivity index (χ2v) is 9.43. The normalized spacial score (nSPS) is 11.2. The minimum Gasteiger partial charge on any atom is -0.494 e. The maximum atomic E-state index is 12.6. The Hall–Kier alpha value is -3.20. The first-order chi connectivity index (χ1) is 17.9. The first-order valence-corrected chi connectivity index (χ1v) is 13.0. The highest BCUT2D eigenvalue weighted by molar-refractivity contribution is 9.10. The zero-order chi connectivity index (χ0) is 26.4. The van der Waals surface area contributed by atoms with Gasteiger partial charge in [-0.1, -0.05) is 29.3 Å². The molecule has 10 heteroatoms. The summed E-state index contributed by atoms with van der Waals surface area (Å²) in [5.74, 6) is 1.40. The molecule has 0 aliphatic carbocycles. The summed E-state index contributed by atoms with van der Waals surface area (Å²) < 4.78 is 23.5. The molecule has 192 valence electrons. The lowest BCUT2D eigenvalue weighted by molar-refractivity contribution is 0.0929. The van der Waals surface area contributed by atoms with E-state index in [-0.39, 0.29) is 12.4 Å². The Balaban J connectivity index is 1.46. The lowest BCUT2D eigenvalue weighted by Crippen LogP contribution is -2.16. The van der Waals surface area contributed by atoms with Crippen molar-refractivity contribution >= 4 is 62.2 Å². The summed E-state index contributed by atoms with van der Waals surface area (Å²) in [5, 5.41) is 5.90.